The summed E-state index contributed by atoms with van der Waals surface area (Å²) in [5.74, 6) is -0.419. The number of hydrogen-bond acceptors (Lipinski definition) is 4. The van der Waals surface area contributed by atoms with Crippen LogP contribution in [-0.2, 0) is 9.47 Å². The van der Waals surface area contributed by atoms with E-state index in [4.69, 9.17) is 0 Å². The van der Waals surface area contributed by atoms with E-state index >= 15 is 0 Å². The summed E-state index contributed by atoms with van der Waals surface area (Å²) in [7, 11) is 1.30. The summed E-state index contributed by atoms with van der Waals surface area (Å²) < 4.78 is 31.9. The fourth-order valence-corrected chi connectivity index (χ4v) is 1.19. The first-order valence-electron chi connectivity index (χ1n) is 4.95. The van der Waals surface area contributed by atoms with Gasteiger partial charge in [0.2, 0.25) is 0 Å². The molecule has 1 rings (SSSR count). The summed E-state index contributed by atoms with van der Waals surface area (Å²) in [6.45, 7) is -2.57. The van der Waals surface area contributed by atoms with E-state index in [-0.39, 0.29) is 13.2 Å². The molecule has 0 atom stereocenters. The minimum atomic E-state index is -2.75. The van der Waals surface area contributed by atoms with Crippen LogP contribution in [0.1, 0.15) is 10.4 Å². The second-order valence-electron chi connectivity index (χ2n) is 3.13. The lowest BCUT2D eigenvalue weighted by Gasteiger charge is -2.07. The van der Waals surface area contributed by atoms with E-state index in [1.807, 2.05) is 0 Å². The maximum atomic E-state index is 11.6. The monoisotopic (exact) mass is 245 g/mol. The normalized spacial score (nSPS) is 10.4. The Hall–Kier alpha value is -1.69. The molecule has 0 saturated carbocycles. The predicted octanol–water partition coefficient (Wildman–Crippen LogP) is 2.12. The van der Waals surface area contributed by atoms with Crippen LogP contribution in [0.3, 0.4) is 0 Å². The second-order valence-corrected chi connectivity index (χ2v) is 3.13. The van der Waals surface area contributed by atoms with Gasteiger partial charge in [0.25, 0.3) is 0 Å². The number of nitrogens with one attached hydrogen (secondary N) is 1. The van der Waals surface area contributed by atoms with Crippen LogP contribution < -0.4 is 5.32 Å². The average molecular weight is 245 g/mol. The zero-order valence-corrected chi connectivity index (χ0v) is 9.28. The highest BCUT2D eigenvalue weighted by Gasteiger charge is 2.04. The van der Waals surface area contributed by atoms with Crippen molar-refractivity contribution in [2.24, 2.45) is 0 Å². The number of halogens is 2. The highest BCUT2D eigenvalue weighted by atomic mass is 19.3. The van der Waals surface area contributed by atoms with Crippen LogP contribution >= 0.6 is 0 Å². The summed E-state index contributed by atoms with van der Waals surface area (Å²) in [6, 6.07) is 6.49. The Morgan fingerprint density at radius 1 is 1.35 bits per heavy atom. The maximum absolute atomic E-state index is 11.6. The summed E-state index contributed by atoms with van der Waals surface area (Å²) in [5.41, 5.74) is 1.15. The smallest absolute Gasteiger partial charge is 0.345 e. The molecule has 17 heavy (non-hydrogen) atoms. The molecule has 4 nitrogen and oxygen atoms in total. The highest BCUT2D eigenvalue weighted by molar-refractivity contribution is 5.89. The summed E-state index contributed by atoms with van der Waals surface area (Å²) in [5, 5.41) is 2.87. The maximum Gasteiger partial charge on any atom is 0.345 e. The van der Waals surface area contributed by atoms with Gasteiger partial charge in [0.1, 0.15) is 0 Å². The number of methoxy groups -OCH3 is 1. The lowest BCUT2D eigenvalue weighted by molar-refractivity contribution is -0.125. The van der Waals surface area contributed by atoms with E-state index in [1.165, 1.54) is 7.11 Å². The fraction of sp³-hybridized carbons (Fsp3) is 0.364. The van der Waals surface area contributed by atoms with Gasteiger partial charge in [0.15, 0.2) is 0 Å². The molecule has 0 aromatic heterocycles. The third kappa shape index (κ3) is 4.78. The molecule has 0 bridgehead atoms. The van der Waals surface area contributed by atoms with Gasteiger partial charge in [0, 0.05) is 12.2 Å². The van der Waals surface area contributed by atoms with Crippen molar-refractivity contribution in [3.05, 3.63) is 29.8 Å². The Labute approximate surface area is 97.5 Å². The van der Waals surface area contributed by atoms with E-state index < -0.39 is 12.6 Å². The van der Waals surface area contributed by atoms with E-state index in [0.29, 0.717) is 5.56 Å². The molecule has 0 amide bonds. The molecular formula is C11H13F2NO3. The number of alkyl halides is 2. The summed E-state index contributed by atoms with van der Waals surface area (Å²) >= 11 is 0. The Morgan fingerprint density at radius 3 is 2.53 bits per heavy atom. The number of carbonyl (C=O) groups excluding carboxylic acids is 1. The molecule has 1 aromatic rings. The minimum absolute atomic E-state index is 0.0869. The lowest BCUT2D eigenvalue weighted by Crippen LogP contribution is -2.12. The zero-order valence-electron chi connectivity index (χ0n) is 9.28. The first-order valence-corrected chi connectivity index (χ1v) is 4.95. The zero-order chi connectivity index (χ0) is 12.7. The van der Waals surface area contributed by atoms with Gasteiger partial charge < -0.3 is 14.8 Å². The number of ether oxygens (including phenoxy) is 2. The van der Waals surface area contributed by atoms with Gasteiger partial charge in [-0.15, -0.1) is 0 Å². The molecule has 0 aliphatic carbocycles. The molecule has 0 unspecified atom stereocenters. The molecule has 6 heteroatoms. The Bertz CT molecular complexity index is 354. The predicted molar refractivity (Wildman–Crippen MR) is 58.2 cm³/mol. The Morgan fingerprint density at radius 2 is 2.00 bits per heavy atom. The number of hydrogen-bond donors (Lipinski definition) is 1. The number of anilines is 1. The van der Waals surface area contributed by atoms with E-state index in [9.17, 15) is 13.6 Å². The van der Waals surface area contributed by atoms with Gasteiger partial charge in [0.05, 0.1) is 19.3 Å². The number of benzene rings is 1. The van der Waals surface area contributed by atoms with Gasteiger partial charge >= 0.3 is 12.6 Å². The summed E-state index contributed by atoms with van der Waals surface area (Å²) in [4.78, 5) is 11.1. The molecule has 0 heterocycles. The van der Waals surface area contributed by atoms with Crippen LogP contribution in [0.2, 0.25) is 0 Å². The van der Waals surface area contributed by atoms with Crippen LogP contribution in [0.4, 0.5) is 14.5 Å². The highest BCUT2D eigenvalue weighted by Crippen LogP contribution is 2.10. The van der Waals surface area contributed by atoms with Gasteiger partial charge in [-0.05, 0) is 24.3 Å². The second kappa shape index (κ2) is 6.80. The molecule has 0 aliphatic heterocycles. The van der Waals surface area contributed by atoms with Crippen molar-refractivity contribution >= 4 is 11.7 Å². The third-order valence-corrected chi connectivity index (χ3v) is 1.98. The van der Waals surface area contributed by atoms with Crippen LogP contribution in [0.25, 0.3) is 0 Å². The van der Waals surface area contributed by atoms with E-state index in [1.54, 1.807) is 24.3 Å². The number of carbonyl (C=O) groups is 1. The van der Waals surface area contributed by atoms with Crippen LogP contribution in [-0.4, -0.2) is 32.8 Å². The third-order valence-electron chi connectivity index (χ3n) is 1.98. The molecule has 1 aromatic carbocycles. The quantitative estimate of drug-likeness (QED) is 0.616. The number of rotatable bonds is 6. The summed E-state index contributed by atoms with van der Waals surface area (Å²) in [6.07, 6.45) is 0. The molecule has 0 aliphatic rings. The van der Waals surface area contributed by atoms with Gasteiger partial charge in [-0.1, -0.05) is 0 Å². The van der Waals surface area contributed by atoms with Crippen LogP contribution in [0.15, 0.2) is 24.3 Å². The Balaban J connectivity index is 2.38. The SMILES string of the molecule is COC(=O)c1ccc(NCCOC(F)F)cc1. The molecule has 0 radical (unpaired) electrons. The minimum Gasteiger partial charge on any atom is -0.465 e. The van der Waals surface area contributed by atoms with Crippen molar-refractivity contribution in [2.75, 3.05) is 25.6 Å². The number of esters is 1. The first-order chi connectivity index (χ1) is 8.13. The van der Waals surface area contributed by atoms with E-state index in [2.05, 4.69) is 14.8 Å². The molecule has 94 valence electrons. The van der Waals surface area contributed by atoms with Gasteiger partial charge in [-0.25, -0.2) is 4.79 Å². The average Bonchev–Trinajstić information content (AvgIpc) is 2.34. The topological polar surface area (TPSA) is 47.6 Å². The van der Waals surface area contributed by atoms with Gasteiger partial charge in [-0.2, -0.15) is 8.78 Å². The Kier molecular flexibility index (Phi) is 5.35. The van der Waals surface area contributed by atoms with Crippen LogP contribution in [0, 0.1) is 0 Å². The van der Waals surface area contributed by atoms with Crippen LogP contribution in [0.5, 0.6) is 0 Å². The molecule has 0 spiro atoms. The van der Waals surface area contributed by atoms with Crippen molar-refractivity contribution in [2.45, 2.75) is 6.61 Å². The fourth-order valence-electron chi connectivity index (χ4n) is 1.19. The largest absolute Gasteiger partial charge is 0.465 e. The van der Waals surface area contributed by atoms with Crippen molar-refractivity contribution in [1.82, 2.24) is 0 Å². The van der Waals surface area contributed by atoms with Crippen molar-refractivity contribution in [1.29, 1.82) is 0 Å². The standard InChI is InChI=1S/C11H13F2NO3/c1-16-10(15)8-2-4-9(5-3-8)14-6-7-17-11(12)13/h2-5,11,14H,6-7H2,1H3. The van der Waals surface area contributed by atoms with Crippen molar-refractivity contribution in [3.8, 4) is 0 Å². The van der Waals surface area contributed by atoms with E-state index in [0.717, 1.165) is 5.69 Å². The van der Waals surface area contributed by atoms with Crippen molar-refractivity contribution in [3.63, 3.8) is 0 Å². The lowest BCUT2D eigenvalue weighted by atomic mass is 10.2. The molecular weight excluding hydrogens is 232 g/mol. The molecule has 0 saturated heterocycles. The molecule has 1 N–H and O–H groups in total. The van der Waals surface area contributed by atoms with Crippen molar-refractivity contribution < 1.29 is 23.0 Å². The molecule has 0 fully saturated rings. The first kappa shape index (κ1) is 13.4. The van der Waals surface area contributed by atoms with Gasteiger partial charge in [-0.3, -0.25) is 0 Å².